The highest BCUT2D eigenvalue weighted by atomic mass is 16.5. The highest BCUT2D eigenvalue weighted by molar-refractivity contribution is 5.78. The van der Waals surface area contributed by atoms with E-state index in [9.17, 15) is 4.79 Å². The summed E-state index contributed by atoms with van der Waals surface area (Å²) >= 11 is 0. The Morgan fingerprint density at radius 3 is 2.88 bits per heavy atom. The average molecular weight is 331 g/mol. The van der Waals surface area contributed by atoms with Crippen LogP contribution in [0, 0.1) is 12.8 Å². The fourth-order valence-electron chi connectivity index (χ4n) is 3.65. The Morgan fingerprint density at radius 2 is 2.08 bits per heavy atom. The summed E-state index contributed by atoms with van der Waals surface area (Å²) < 4.78 is 5.74. The molecule has 2 fully saturated rings. The van der Waals surface area contributed by atoms with Gasteiger partial charge in [0.05, 0.1) is 19.8 Å². The molecule has 5 nitrogen and oxygen atoms in total. The summed E-state index contributed by atoms with van der Waals surface area (Å²) in [7, 11) is 0. The lowest BCUT2D eigenvalue weighted by Gasteiger charge is -2.30. The highest BCUT2D eigenvalue weighted by Gasteiger charge is 2.24. The fraction of sp³-hybridized carbons (Fsp3) is 0.684. The molecule has 0 aliphatic carbocycles. The molecule has 0 saturated carbocycles. The van der Waals surface area contributed by atoms with E-state index < -0.39 is 0 Å². The highest BCUT2D eigenvalue weighted by Crippen LogP contribution is 2.15. The predicted octanol–water partition coefficient (Wildman–Crippen LogP) is 1.89. The molecule has 0 bridgehead atoms. The van der Waals surface area contributed by atoms with E-state index in [0.717, 1.165) is 37.4 Å². The minimum absolute atomic E-state index is 0.254. The third-order valence-corrected chi connectivity index (χ3v) is 4.94. The molecule has 24 heavy (non-hydrogen) atoms. The van der Waals surface area contributed by atoms with Crippen molar-refractivity contribution in [3.63, 3.8) is 0 Å². The van der Waals surface area contributed by atoms with E-state index in [0.29, 0.717) is 32.2 Å². The van der Waals surface area contributed by atoms with Crippen molar-refractivity contribution in [1.29, 1.82) is 0 Å². The van der Waals surface area contributed by atoms with Crippen LogP contribution >= 0.6 is 0 Å². The van der Waals surface area contributed by atoms with Crippen LogP contribution in [-0.2, 0) is 16.0 Å². The lowest BCUT2D eigenvalue weighted by molar-refractivity contribution is -0.133. The number of aromatic nitrogens is 1. The summed E-state index contributed by atoms with van der Waals surface area (Å²) in [5.74, 6) is 0.580. The zero-order valence-electron chi connectivity index (χ0n) is 14.7. The maximum absolute atomic E-state index is 12.7. The van der Waals surface area contributed by atoms with Crippen LogP contribution in [-0.4, -0.2) is 66.6 Å². The van der Waals surface area contributed by atoms with Crippen LogP contribution in [0.25, 0.3) is 0 Å². The average Bonchev–Trinajstić information content (AvgIpc) is 2.81. The quantitative estimate of drug-likeness (QED) is 0.845. The molecule has 1 aromatic rings. The van der Waals surface area contributed by atoms with Gasteiger partial charge in [-0.1, -0.05) is 12.5 Å². The lowest BCUT2D eigenvalue weighted by atomic mass is 10.0. The molecule has 5 heteroatoms. The van der Waals surface area contributed by atoms with E-state index in [1.807, 2.05) is 17.9 Å². The lowest BCUT2D eigenvalue weighted by Crippen LogP contribution is -2.44. The molecule has 1 aromatic heterocycles. The minimum Gasteiger partial charge on any atom is -0.379 e. The number of hydrogen-bond acceptors (Lipinski definition) is 4. The summed E-state index contributed by atoms with van der Waals surface area (Å²) in [6.07, 6.45) is 4.61. The van der Waals surface area contributed by atoms with E-state index in [1.165, 1.54) is 19.3 Å². The number of likely N-dealkylation sites (tertiary alicyclic amines) is 1. The number of rotatable bonds is 4. The van der Waals surface area contributed by atoms with Crippen molar-refractivity contribution in [3.05, 3.63) is 29.6 Å². The number of carbonyl (C=O) groups excluding carboxylic acids is 1. The maximum Gasteiger partial charge on any atom is 0.236 e. The van der Waals surface area contributed by atoms with Gasteiger partial charge in [0, 0.05) is 30.4 Å². The molecule has 2 aliphatic heterocycles. The number of pyridine rings is 1. The second-order valence-electron chi connectivity index (χ2n) is 7.09. The van der Waals surface area contributed by atoms with Crippen LogP contribution in [0.4, 0.5) is 0 Å². The zero-order chi connectivity index (χ0) is 16.8. The first-order chi connectivity index (χ1) is 11.7. The maximum atomic E-state index is 12.7. The zero-order valence-corrected chi connectivity index (χ0v) is 14.7. The number of nitrogens with zero attached hydrogens (tertiary/aromatic N) is 3. The fourth-order valence-corrected chi connectivity index (χ4v) is 3.65. The van der Waals surface area contributed by atoms with E-state index in [1.54, 1.807) is 0 Å². The third kappa shape index (κ3) is 5.02. The minimum atomic E-state index is 0.254. The Kier molecular flexibility index (Phi) is 6.21. The summed E-state index contributed by atoms with van der Waals surface area (Å²) in [5, 5.41) is 0. The molecule has 0 spiro atoms. The number of piperidine rings is 1. The Hall–Kier alpha value is -1.46. The number of carbonyl (C=O) groups is 1. The van der Waals surface area contributed by atoms with Gasteiger partial charge in [-0.05, 0) is 51.4 Å². The summed E-state index contributed by atoms with van der Waals surface area (Å²) in [6.45, 7) is 7.55. The Labute approximate surface area is 145 Å². The summed E-state index contributed by atoms with van der Waals surface area (Å²) in [5.41, 5.74) is 2.13. The molecular weight excluding hydrogens is 302 g/mol. The summed E-state index contributed by atoms with van der Waals surface area (Å²) in [4.78, 5) is 21.6. The predicted molar refractivity (Wildman–Crippen MR) is 93.9 cm³/mol. The number of aryl methyl sites for hydroxylation is 1. The Morgan fingerprint density at radius 1 is 1.25 bits per heavy atom. The Bertz CT molecular complexity index is 543. The van der Waals surface area contributed by atoms with Gasteiger partial charge in [-0.2, -0.15) is 0 Å². The molecule has 2 saturated heterocycles. The van der Waals surface area contributed by atoms with Gasteiger partial charge >= 0.3 is 0 Å². The van der Waals surface area contributed by atoms with E-state index in [-0.39, 0.29) is 5.91 Å². The molecule has 1 atom stereocenters. The van der Waals surface area contributed by atoms with E-state index in [2.05, 4.69) is 22.0 Å². The normalized spacial score (nSPS) is 23.0. The second kappa shape index (κ2) is 8.58. The second-order valence-corrected chi connectivity index (χ2v) is 7.09. The van der Waals surface area contributed by atoms with Crippen molar-refractivity contribution in [3.8, 4) is 0 Å². The van der Waals surface area contributed by atoms with Crippen LogP contribution < -0.4 is 0 Å². The Balaban J connectivity index is 1.56. The van der Waals surface area contributed by atoms with Crippen molar-refractivity contribution in [2.24, 2.45) is 5.92 Å². The smallest absolute Gasteiger partial charge is 0.236 e. The van der Waals surface area contributed by atoms with Gasteiger partial charge in [-0.3, -0.25) is 14.7 Å². The summed E-state index contributed by atoms with van der Waals surface area (Å²) in [6, 6.07) is 6.13. The molecule has 3 rings (SSSR count). The van der Waals surface area contributed by atoms with Gasteiger partial charge in [0.25, 0.3) is 0 Å². The topological polar surface area (TPSA) is 45.7 Å². The van der Waals surface area contributed by atoms with E-state index in [4.69, 9.17) is 4.74 Å². The molecule has 1 amide bonds. The molecule has 0 radical (unpaired) electrons. The molecular formula is C19H29N3O2. The first-order valence-electron chi connectivity index (χ1n) is 9.21. The molecule has 0 N–H and O–H groups in total. The SMILES string of the molecule is Cc1cccc(CC2COCCN(C(=O)CN3CCCCC3)C2)n1. The van der Waals surface area contributed by atoms with Crippen LogP contribution in [0.1, 0.15) is 30.7 Å². The molecule has 0 aromatic carbocycles. The molecule has 3 heterocycles. The standard InChI is InChI=1S/C19H29N3O2/c1-16-6-5-7-18(20-16)12-17-13-22(10-11-24-15-17)19(23)14-21-8-3-2-4-9-21/h5-7,17H,2-4,8-15H2,1H3. The van der Waals surface area contributed by atoms with Crippen molar-refractivity contribution in [2.75, 3.05) is 45.9 Å². The van der Waals surface area contributed by atoms with Gasteiger partial charge in [0.2, 0.25) is 5.91 Å². The molecule has 1 unspecified atom stereocenters. The van der Waals surface area contributed by atoms with Gasteiger partial charge < -0.3 is 9.64 Å². The largest absolute Gasteiger partial charge is 0.379 e. The van der Waals surface area contributed by atoms with Crippen molar-refractivity contribution in [2.45, 2.75) is 32.6 Å². The van der Waals surface area contributed by atoms with Gasteiger partial charge in [-0.25, -0.2) is 0 Å². The van der Waals surface area contributed by atoms with Crippen LogP contribution in [0.2, 0.25) is 0 Å². The van der Waals surface area contributed by atoms with Gasteiger partial charge in [-0.15, -0.1) is 0 Å². The molecule has 132 valence electrons. The van der Waals surface area contributed by atoms with Crippen LogP contribution in [0.15, 0.2) is 18.2 Å². The van der Waals surface area contributed by atoms with Crippen LogP contribution in [0.5, 0.6) is 0 Å². The van der Waals surface area contributed by atoms with Crippen molar-refractivity contribution in [1.82, 2.24) is 14.8 Å². The van der Waals surface area contributed by atoms with Crippen molar-refractivity contribution >= 4 is 5.91 Å². The first-order valence-corrected chi connectivity index (χ1v) is 9.21. The van der Waals surface area contributed by atoms with Crippen LogP contribution in [0.3, 0.4) is 0 Å². The molecule has 2 aliphatic rings. The third-order valence-electron chi connectivity index (χ3n) is 4.94. The number of amides is 1. The number of ether oxygens (including phenoxy) is 1. The van der Waals surface area contributed by atoms with Crippen molar-refractivity contribution < 1.29 is 9.53 Å². The van der Waals surface area contributed by atoms with Gasteiger partial charge in [0.15, 0.2) is 0 Å². The monoisotopic (exact) mass is 331 g/mol. The first kappa shape index (κ1) is 17.4. The number of hydrogen-bond donors (Lipinski definition) is 0. The van der Waals surface area contributed by atoms with E-state index >= 15 is 0 Å². The van der Waals surface area contributed by atoms with Gasteiger partial charge in [0.1, 0.15) is 0 Å².